The number of aryl methyl sites for hydroxylation is 1. The molecule has 2 rings (SSSR count). The smallest absolute Gasteiger partial charge is 0.257 e. The minimum Gasteiger partial charge on any atom is -0.333 e. The van der Waals surface area contributed by atoms with Crippen molar-refractivity contribution in [2.24, 2.45) is 5.73 Å². The molecule has 21 heavy (non-hydrogen) atoms. The molecule has 0 radical (unpaired) electrons. The number of carbonyl (C=O) groups is 1. The number of amides is 1. The molecular weight excluding hydrogens is 267 g/mol. The molecule has 0 aliphatic rings. The molecule has 0 bridgehead atoms. The van der Waals surface area contributed by atoms with Gasteiger partial charge in [0.15, 0.2) is 0 Å². The third-order valence-electron chi connectivity index (χ3n) is 3.25. The molecule has 0 unspecified atom stereocenters. The Kier molecular flexibility index (Phi) is 5.06. The van der Waals surface area contributed by atoms with E-state index >= 15 is 0 Å². The highest BCUT2D eigenvalue weighted by molar-refractivity contribution is 5.94. The van der Waals surface area contributed by atoms with E-state index in [4.69, 9.17) is 5.73 Å². The van der Waals surface area contributed by atoms with E-state index in [1.54, 1.807) is 17.0 Å². The van der Waals surface area contributed by atoms with Gasteiger partial charge < -0.3 is 10.6 Å². The zero-order chi connectivity index (χ0) is 15.2. The molecule has 0 aromatic heterocycles. The first-order valence-corrected chi connectivity index (χ1v) is 6.91. The summed E-state index contributed by atoms with van der Waals surface area (Å²) in [5, 5.41) is 0. The van der Waals surface area contributed by atoms with Gasteiger partial charge in [0.2, 0.25) is 0 Å². The number of nitrogens with two attached hydrogens (primary N) is 1. The van der Waals surface area contributed by atoms with Gasteiger partial charge in [0.05, 0.1) is 5.56 Å². The van der Waals surface area contributed by atoms with Crippen molar-refractivity contribution in [1.82, 2.24) is 4.90 Å². The van der Waals surface area contributed by atoms with Crippen LogP contribution in [-0.2, 0) is 6.54 Å². The summed E-state index contributed by atoms with van der Waals surface area (Å²) in [6.07, 6.45) is 0. The van der Waals surface area contributed by atoms with E-state index in [2.05, 4.69) is 0 Å². The van der Waals surface area contributed by atoms with Crippen LogP contribution in [0.5, 0.6) is 0 Å². The number of rotatable bonds is 5. The second kappa shape index (κ2) is 6.99. The number of hydrogen-bond acceptors (Lipinski definition) is 2. The molecular formula is C17H19FN2O. The molecule has 0 spiro atoms. The Bertz CT molecular complexity index is 613. The zero-order valence-corrected chi connectivity index (χ0v) is 12.1. The van der Waals surface area contributed by atoms with Crippen LogP contribution in [0.15, 0.2) is 48.5 Å². The number of hydrogen-bond donors (Lipinski definition) is 1. The zero-order valence-electron chi connectivity index (χ0n) is 12.1. The van der Waals surface area contributed by atoms with Crippen molar-refractivity contribution >= 4 is 5.91 Å². The SMILES string of the molecule is Cc1ccc(F)c(C(=O)N(CCN)Cc2ccccc2)c1. The Morgan fingerprint density at radius 1 is 1.19 bits per heavy atom. The van der Waals surface area contributed by atoms with Crippen LogP contribution in [0.1, 0.15) is 21.5 Å². The fourth-order valence-corrected chi connectivity index (χ4v) is 2.19. The molecule has 0 aliphatic heterocycles. The van der Waals surface area contributed by atoms with E-state index in [0.717, 1.165) is 11.1 Å². The van der Waals surface area contributed by atoms with Crippen molar-refractivity contribution in [1.29, 1.82) is 0 Å². The topological polar surface area (TPSA) is 46.3 Å². The van der Waals surface area contributed by atoms with Gasteiger partial charge in [0, 0.05) is 19.6 Å². The third-order valence-corrected chi connectivity index (χ3v) is 3.25. The molecule has 2 aromatic rings. The second-order valence-electron chi connectivity index (χ2n) is 4.98. The number of benzene rings is 2. The van der Waals surface area contributed by atoms with Crippen LogP contribution in [0, 0.1) is 12.7 Å². The first-order valence-electron chi connectivity index (χ1n) is 6.91. The second-order valence-corrected chi connectivity index (χ2v) is 4.98. The quantitative estimate of drug-likeness (QED) is 0.918. The summed E-state index contributed by atoms with van der Waals surface area (Å²) in [6.45, 7) is 2.98. The number of carbonyl (C=O) groups excluding carboxylic acids is 1. The van der Waals surface area contributed by atoms with Gasteiger partial charge in [-0.1, -0.05) is 42.0 Å². The largest absolute Gasteiger partial charge is 0.333 e. The molecule has 3 nitrogen and oxygen atoms in total. The lowest BCUT2D eigenvalue weighted by Gasteiger charge is -2.22. The minimum atomic E-state index is -0.499. The lowest BCUT2D eigenvalue weighted by atomic mass is 10.1. The van der Waals surface area contributed by atoms with Crippen LogP contribution in [0.4, 0.5) is 4.39 Å². The van der Waals surface area contributed by atoms with Gasteiger partial charge in [-0.2, -0.15) is 0 Å². The first kappa shape index (κ1) is 15.2. The fraction of sp³-hybridized carbons (Fsp3) is 0.235. The molecule has 1 amide bonds. The van der Waals surface area contributed by atoms with Crippen LogP contribution in [0.2, 0.25) is 0 Å². The minimum absolute atomic E-state index is 0.0966. The van der Waals surface area contributed by atoms with E-state index in [1.165, 1.54) is 6.07 Å². The molecule has 0 aliphatic carbocycles. The van der Waals surface area contributed by atoms with Gasteiger partial charge in [-0.3, -0.25) is 4.79 Å². The van der Waals surface area contributed by atoms with E-state index < -0.39 is 5.82 Å². The summed E-state index contributed by atoms with van der Waals surface area (Å²) < 4.78 is 13.9. The van der Waals surface area contributed by atoms with Crippen LogP contribution < -0.4 is 5.73 Å². The van der Waals surface area contributed by atoms with Crippen LogP contribution in [0.25, 0.3) is 0 Å². The maximum Gasteiger partial charge on any atom is 0.257 e. The van der Waals surface area contributed by atoms with E-state index in [9.17, 15) is 9.18 Å². The average Bonchev–Trinajstić information content (AvgIpc) is 2.49. The van der Waals surface area contributed by atoms with Gasteiger partial charge >= 0.3 is 0 Å². The van der Waals surface area contributed by atoms with Gasteiger partial charge in [-0.25, -0.2) is 4.39 Å². The Balaban J connectivity index is 2.25. The average molecular weight is 286 g/mol. The Morgan fingerprint density at radius 3 is 2.57 bits per heavy atom. The maximum atomic E-state index is 13.9. The molecule has 0 fully saturated rings. The van der Waals surface area contributed by atoms with E-state index in [-0.39, 0.29) is 11.5 Å². The van der Waals surface area contributed by atoms with Crippen molar-refractivity contribution in [3.8, 4) is 0 Å². The van der Waals surface area contributed by atoms with Crippen LogP contribution in [-0.4, -0.2) is 23.9 Å². The fourth-order valence-electron chi connectivity index (χ4n) is 2.19. The first-order chi connectivity index (χ1) is 10.1. The molecule has 0 heterocycles. The Hall–Kier alpha value is -2.20. The standard InChI is InChI=1S/C17H19FN2O/c1-13-7-8-16(18)15(11-13)17(21)20(10-9-19)12-14-5-3-2-4-6-14/h2-8,11H,9-10,12,19H2,1H3. The van der Waals surface area contributed by atoms with Crippen LogP contribution >= 0.6 is 0 Å². The normalized spacial score (nSPS) is 10.4. The molecule has 0 atom stereocenters. The van der Waals surface area contributed by atoms with Crippen molar-refractivity contribution in [3.05, 3.63) is 71.0 Å². The summed E-state index contributed by atoms with van der Waals surface area (Å²) in [7, 11) is 0. The highest BCUT2D eigenvalue weighted by Gasteiger charge is 2.19. The summed E-state index contributed by atoms with van der Waals surface area (Å²) in [6, 6.07) is 14.2. The van der Waals surface area contributed by atoms with E-state index in [1.807, 2.05) is 37.3 Å². The molecule has 0 saturated carbocycles. The lowest BCUT2D eigenvalue weighted by Crippen LogP contribution is -2.35. The van der Waals surface area contributed by atoms with Crippen molar-refractivity contribution in [2.45, 2.75) is 13.5 Å². The Morgan fingerprint density at radius 2 is 1.90 bits per heavy atom. The molecule has 2 N–H and O–H groups in total. The van der Waals surface area contributed by atoms with Crippen molar-refractivity contribution < 1.29 is 9.18 Å². The molecule has 2 aromatic carbocycles. The lowest BCUT2D eigenvalue weighted by molar-refractivity contribution is 0.0743. The summed E-state index contributed by atoms with van der Waals surface area (Å²) in [5.41, 5.74) is 7.52. The maximum absolute atomic E-state index is 13.9. The van der Waals surface area contributed by atoms with Gasteiger partial charge in [0.1, 0.15) is 5.82 Å². The highest BCUT2D eigenvalue weighted by atomic mass is 19.1. The molecule has 0 saturated heterocycles. The summed E-state index contributed by atoms with van der Waals surface area (Å²) in [4.78, 5) is 14.1. The van der Waals surface area contributed by atoms with E-state index in [0.29, 0.717) is 19.6 Å². The van der Waals surface area contributed by atoms with Crippen LogP contribution in [0.3, 0.4) is 0 Å². The monoisotopic (exact) mass is 286 g/mol. The van der Waals surface area contributed by atoms with Gasteiger partial charge in [-0.15, -0.1) is 0 Å². The predicted octanol–water partition coefficient (Wildman–Crippen LogP) is 2.74. The predicted molar refractivity (Wildman–Crippen MR) is 81.4 cm³/mol. The highest BCUT2D eigenvalue weighted by Crippen LogP contribution is 2.15. The van der Waals surface area contributed by atoms with Crippen molar-refractivity contribution in [2.75, 3.05) is 13.1 Å². The molecule has 4 heteroatoms. The third kappa shape index (κ3) is 3.89. The number of halogens is 1. The Labute approximate surface area is 124 Å². The van der Waals surface area contributed by atoms with Crippen molar-refractivity contribution in [3.63, 3.8) is 0 Å². The van der Waals surface area contributed by atoms with Gasteiger partial charge in [-0.05, 0) is 24.6 Å². The summed E-state index contributed by atoms with van der Waals surface area (Å²) >= 11 is 0. The number of nitrogens with zero attached hydrogens (tertiary/aromatic N) is 1. The van der Waals surface area contributed by atoms with Gasteiger partial charge in [0.25, 0.3) is 5.91 Å². The molecule has 110 valence electrons. The summed E-state index contributed by atoms with van der Waals surface area (Å²) in [5.74, 6) is -0.828.